The van der Waals surface area contributed by atoms with Crippen molar-refractivity contribution in [3.63, 3.8) is 0 Å². The van der Waals surface area contributed by atoms with Crippen LogP contribution in [-0.4, -0.2) is 24.1 Å². The van der Waals surface area contributed by atoms with Crippen LogP contribution in [0.4, 0.5) is 4.79 Å². The summed E-state index contributed by atoms with van der Waals surface area (Å²) < 4.78 is 0. The van der Waals surface area contributed by atoms with Gasteiger partial charge in [0.1, 0.15) is 0 Å². The molecule has 1 aliphatic heterocycles. The highest BCUT2D eigenvalue weighted by molar-refractivity contribution is 5.78. The van der Waals surface area contributed by atoms with Gasteiger partial charge in [-0.25, -0.2) is 4.79 Å². The van der Waals surface area contributed by atoms with Crippen molar-refractivity contribution in [3.05, 3.63) is 0 Å². The second-order valence-electron chi connectivity index (χ2n) is 3.32. The second-order valence-corrected chi connectivity index (χ2v) is 3.32. The van der Waals surface area contributed by atoms with Gasteiger partial charge in [-0.1, -0.05) is 32.6 Å². The minimum absolute atomic E-state index is 0.102. The van der Waals surface area contributed by atoms with Crippen LogP contribution in [0.1, 0.15) is 39.0 Å². The van der Waals surface area contributed by atoms with E-state index in [2.05, 4.69) is 12.2 Å². The number of amides is 2. The molecule has 0 aromatic carbocycles. The number of unbranched alkanes of at least 4 members (excludes halogenated alkanes) is 4. The number of hydrogen-bond acceptors (Lipinski definition) is 1. The van der Waals surface area contributed by atoms with E-state index in [-0.39, 0.29) is 6.03 Å². The molecule has 0 bridgehead atoms. The van der Waals surface area contributed by atoms with Crippen LogP contribution < -0.4 is 5.32 Å². The SMILES string of the molecule is CCCCCCCN1CNC1=O. The summed E-state index contributed by atoms with van der Waals surface area (Å²) in [6.45, 7) is 3.91. The van der Waals surface area contributed by atoms with Crippen molar-refractivity contribution in [2.75, 3.05) is 13.2 Å². The van der Waals surface area contributed by atoms with E-state index in [1.54, 1.807) is 0 Å². The lowest BCUT2D eigenvalue weighted by Gasteiger charge is -2.31. The Morgan fingerprint density at radius 1 is 1.33 bits per heavy atom. The first kappa shape index (κ1) is 9.36. The van der Waals surface area contributed by atoms with Crippen LogP contribution >= 0.6 is 0 Å². The number of nitrogens with zero attached hydrogens (tertiary/aromatic N) is 1. The number of rotatable bonds is 6. The first-order valence-corrected chi connectivity index (χ1v) is 4.87. The summed E-state index contributed by atoms with van der Waals surface area (Å²) in [7, 11) is 0. The fraction of sp³-hybridized carbons (Fsp3) is 0.889. The molecule has 0 unspecified atom stereocenters. The van der Waals surface area contributed by atoms with Gasteiger partial charge in [0.15, 0.2) is 0 Å². The van der Waals surface area contributed by atoms with E-state index in [1.807, 2.05) is 4.90 Å². The summed E-state index contributed by atoms with van der Waals surface area (Å²) >= 11 is 0. The highest BCUT2D eigenvalue weighted by Gasteiger charge is 2.20. The van der Waals surface area contributed by atoms with Crippen molar-refractivity contribution >= 4 is 6.03 Å². The second kappa shape index (κ2) is 5.01. The molecule has 0 spiro atoms. The van der Waals surface area contributed by atoms with Crippen molar-refractivity contribution in [1.82, 2.24) is 10.2 Å². The molecule has 1 saturated heterocycles. The Balaban J connectivity index is 1.85. The molecule has 0 aromatic heterocycles. The van der Waals surface area contributed by atoms with E-state index >= 15 is 0 Å². The highest BCUT2D eigenvalue weighted by Crippen LogP contribution is 2.05. The summed E-state index contributed by atoms with van der Waals surface area (Å²) in [5.41, 5.74) is 0. The molecular formula is C9H18N2O. The normalized spacial score (nSPS) is 15.8. The number of carbonyl (C=O) groups is 1. The standard InChI is InChI=1S/C9H18N2O/c1-2-3-4-5-6-7-11-8-10-9(11)12/h2-8H2,1H3,(H,10,12). The Morgan fingerprint density at radius 2 is 2.08 bits per heavy atom. The summed E-state index contributed by atoms with van der Waals surface area (Å²) in [5.74, 6) is 0. The summed E-state index contributed by atoms with van der Waals surface area (Å²) in [6, 6.07) is 0.102. The number of urea groups is 1. The topological polar surface area (TPSA) is 32.3 Å². The molecule has 1 rings (SSSR count). The number of carbonyl (C=O) groups excluding carboxylic acids is 1. The Morgan fingerprint density at radius 3 is 2.58 bits per heavy atom. The molecule has 2 amide bonds. The zero-order valence-corrected chi connectivity index (χ0v) is 7.81. The molecule has 3 nitrogen and oxygen atoms in total. The van der Waals surface area contributed by atoms with E-state index in [9.17, 15) is 4.79 Å². The monoisotopic (exact) mass is 170 g/mol. The molecule has 1 aliphatic rings. The van der Waals surface area contributed by atoms with Crippen molar-refractivity contribution < 1.29 is 4.79 Å². The van der Waals surface area contributed by atoms with Gasteiger partial charge >= 0.3 is 6.03 Å². The molecule has 0 atom stereocenters. The first-order valence-electron chi connectivity index (χ1n) is 4.87. The fourth-order valence-corrected chi connectivity index (χ4v) is 1.34. The quantitative estimate of drug-likeness (QED) is 0.607. The third-order valence-electron chi connectivity index (χ3n) is 2.24. The number of hydrogen-bond donors (Lipinski definition) is 1. The largest absolute Gasteiger partial charge is 0.320 e. The molecule has 0 aromatic rings. The zero-order chi connectivity index (χ0) is 8.81. The Kier molecular flexibility index (Phi) is 3.91. The van der Waals surface area contributed by atoms with E-state index < -0.39 is 0 Å². The Bertz CT molecular complexity index is 147. The molecule has 1 N–H and O–H groups in total. The predicted octanol–water partition coefficient (Wildman–Crippen LogP) is 1.94. The van der Waals surface area contributed by atoms with Gasteiger partial charge in [-0.3, -0.25) is 0 Å². The van der Waals surface area contributed by atoms with Gasteiger partial charge < -0.3 is 10.2 Å². The Labute approximate surface area is 74.1 Å². The first-order chi connectivity index (χ1) is 5.84. The molecule has 1 fully saturated rings. The molecule has 0 aliphatic carbocycles. The molecule has 0 saturated carbocycles. The maximum Gasteiger partial charge on any atom is 0.320 e. The van der Waals surface area contributed by atoms with Crippen molar-refractivity contribution in [2.24, 2.45) is 0 Å². The van der Waals surface area contributed by atoms with Gasteiger partial charge in [0.2, 0.25) is 0 Å². The lowest BCUT2D eigenvalue weighted by molar-refractivity contribution is 0.154. The van der Waals surface area contributed by atoms with E-state index in [4.69, 9.17) is 0 Å². The average Bonchev–Trinajstić information content (AvgIpc) is 2.08. The summed E-state index contributed by atoms with van der Waals surface area (Å²) in [5, 5.41) is 2.70. The van der Waals surface area contributed by atoms with E-state index in [1.165, 1.54) is 25.7 Å². The van der Waals surface area contributed by atoms with Gasteiger partial charge in [0.05, 0.1) is 6.67 Å². The number of nitrogens with one attached hydrogen (secondary N) is 1. The summed E-state index contributed by atoms with van der Waals surface area (Å²) in [6.07, 6.45) is 6.34. The van der Waals surface area contributed by atoms with E-state index in [0.717, 1.165) is 19.6 Å². The van der Waals surface area contributed by atoms with Gasteiger partial charge in [0.25, 0.3) is 0 Å². The van der Waals surface area contributed by atoms with Crippen LogP contribution in [0.5, 0.6) is 0 Å². The molecule has 3 heteroatoms. The lowest BCUT2D eigenvalue weighted by Crippen LogP contribution is -2.56. The maximum atomic E-state index is 10.8. The van der Waals surface area contributed by atoms with E-state index in [0.29, 0.717) is 0 Å². The summed E-state index contributed by atoms with van der Waals surface area (Å²) in [4.78, 5) is 12.6. The van der Waals surface area contributed by atoms with Crippen molar-refractivity contribution in [1.29, 1.82) is 0 Å². The van der Waals surface area contributed by atoms with Crippen molar-refractivity contribution in [3.8, 4) is 0 Å². The van der Waals surface area contributed by atoms with Crippen molar-refractivity contribution in [2.45, 2.75) is 39.0 Å². The van der Waals surface area contributed by atoms with Gasteiger partial charge in [-0.2, -0.15) is 0 Å². The van der Waals surface area contributed by atoms with Crippen LogP contribution in [0.3, 0.4) is 0 Å². The third-order valence-corrected chi connectivity index (χ3v) is 2.24. The zero-order valence-electron chi connectivity index (χ0n) is 7.81. The molecule has 0 radical (unpaired) electrons. The molecule has 12 heavy (non-hydrogen) atoms. The lowest BCUT2D eigenvalue weighted by atomic mass is 10.1. The van der Waals surface area contributed by atoms with Crippen LogP contribution in [0.25, 0.3) is 0 Å². The predicted molar refractivity (Wildman–Crippen MR) is 48.9 cm³/mol. The smallest absolute Gasteiger partial charge is 0.320 e. The van der Waals surface area contributed by atoms with Crippen LogP contribution in [0.15, 0.2) is 0 Å². The van der Waals surface area contributed by atoms with Crippen LogP contribution in [-0.2, 0) is 0 Å². The molecular weight excluding hydrogens is 152 g/mol. The van der Waals surface area contributed by atoms with Crippen LogP contribution in [0.2, 0.25) is 0 Å². The van der Waals surface area contributed by atoms with Gasteiger partial charge in [0, 0.05) is 6.54 Å². The third kappa shape index (κ3) is 2.72. The fourth-order valence-electron chi connectivity index (χ4n) is 1.34. The maximum absolute atomic E-state index is 10.8. The average molecular weight is 170 g/mol. The molecule has 1 heterocycles. The van der Waals surface area contributed by atoms with Gasteiger partial charge in [-0.15, -0.1) is 0 Å². The van der Waals surface area contributed by atoms with Crippen LogP contribution in [0, 0.1) is 0 Å². The highest BCUT2D eigenvalue weighted by atomic mass is 16.2. The minimum atomic E-state index is 0.102. The molecule has 70 valence electrons. The minimum Gasteiger partial charge on any atom is -0.320 e. The van der Waals surface area contributed by atoms with Gasteiger partial charge in [-0.05, 0) is 6.42 Å². The Hall–Kier alpha value is -0.730.